The molecular weight excluding hydrogens is 236 g/mol. The van der Waals surface area contributed by atoms with E-state index in [9.17, 15) is 0 Å². The molecular formula is C9H10N8O. The molecule has 9 heteroatoms. The van der Waals surface area contributed by atoms with Crippen molar-refractivity contribution in [2.75, 3.05) is 5.32 Å². The van der Waals surface area contributed by atoms with Gasteiger partial charge in [0.25, 0.3) is 5.89 Å². The van der Waals surface area contributed by atoms with Crippen LogP contribution >= 0.6 is 0 Å². The molecule has 9 nitrogen and oxygen atoms in total. The van der Waals surface area contributed by atoms with E-state index in [2.05, 4.69) is 35.8 Å². The second-order valence-corrected chi connectivity index (χ2v) is 3.62. The van der Waals surface area contributed by atoms with Crippen LogP contribution in [0.2, 0.25) is 0 Å². The lowest BCUT2D eigenvalue weighted by atomic mass is 10.4. The first-order valence-corrected chi connectivity index (χ1v) is 5.19. The van der Waals surface area contributed by atoms with E-state index < -0.39 is 0 Å². The second kappa shape index (κ2) is 3.95. The first-order valence-electron chi connectivity index (χ1n) is 5.19. The smallest absolute Gasteiger partial charge is 0.268 e. The average molecular weight is 246 g/mol. The molecule has 3 aromatic rings. The molecule has 3 rings (SSSR count). The van der Waals surface area contributed by atoms with Crippen LogP contribution < -0.4 is 5.32 Å². The molecule has 3 heterocycles. The van der Waals surface area contributed by atoms with Gasteiger partial charge in [0.2, 0.25) is 11.8 Å². The van der Waals surface area contributed by atoms with Crippen LogP contribution in [-0.2, 0) is 7.05 Å². The van der Waals surface area contributed by atoms with Crippen molar-refractivity contribution in [2.45, 2.75) is 6.92 Å². The van der Waals surface area contributed by atoms with Gasteiger partial charge in [0.05, 0.1) is 0 Å². The lowest BCUT2D eigenvalue weighted by Crippen LogP contribution is -2.00. The zero-order chi connectivity index (χ0) is 12.5. The fourth-order valence-corrected chi connectivity index (χ4v) is 1.48. The van der Waals surface area contributed by atoms with Gasteiger partial charge in [-0.3, -0.25) is 4.68 Å². The topological polar surface area (TPSA) is 110 Å². The Morgan fingerprint density at radius 3 is 2.94 bits per heavy atom. The van der Waals surface area contributed by atoms with Crippen molar-refractivity contribution < 1.29 is 4.42 Å². The van der Waals surface area contributed by atoms with Gasteiger partial charge in [0, 0.05) is 20.0 Å². The predicted molar refractivity (Wildman–Crippen MR) is 60.9 cm³/mol. The normalized spacial score (nSPS) is 10.8. The van der Waals surface area contributed by atoms with E-state index in [1.807, 2.05) is 0 Å². The molecule has 0 bridgehead atoms. The third-order valence-corrected chi connectivity index (χ3v) is 2.29. The van der Waals surface area contributed by atoms with E-state index in [0.29, 0.717) is 23.4 Å². The molecule has 2 N–H and O–H groups in total. The van der Waals surface area contributed by atoms with Gasteiger partial charge in [-0.15, -0.1) is 10.2 Å². The molecule has 0 saturated carbocycles. The Hall–Kier alpha value is -2.71. The quantitative estimate of drug-likeness (QED) is 0.697. The Morgan fingerprint density at radius 2 is 2.28 bits per heavy atom. The van der Waals surface area contributed by atoms with Gasteiger partial charge in [-0.2, -0.15) is 15.2 Å². The molecule has 0 spiro atoms. The lowest BCUT2D eigenvalue weighted by molar-refractivity contribution is 0.529. The van der Waals surface area contributed by atoms with Gasteiger partial charge in [-0.25, -0.2) is 5.10 Å². The molecule has 0 aliphatic rings. The number of H-pyrrole nitrogens is 1. The van der Waals surface area contributed by atoms with Gasteiger partial charge < -0.3 is 9.73 Å². The van der Waals surface area contributed by atoms with Crippen molar-refractivity contribution in [3.05, 3.63) is 18.3 Å². The molecule has 0 aliphatic heterocycles. The molecule has 0 aromatic carbocycles. The van der Waals surface area contributed by atoms with Crippen LogP contribution in [0.3, 0.4) is 0 Å². The van der Waals surface area contributed by atoms with Crippen LogP contribution in [-0.4, -0.2) is 35.2 Å². The molecule has 0 amide bonds. The number of rotatable bonds is 3. The van der Waals surface area contributed by atoms with E-state index in [1.54, 1.807) is 24.7 Å². The van der Waals surface area contributed by atoms with Crippen molar-refractivity contribution in [2.24, 2.45) is 7.05 Å². The highest BCUT2D eigenvalue weighted by atomic mass is 16.4. The minimum absolute atomic E-state index is 0.383. The van der Waals surface area contributed by atoms with Crippen LogP contribution in [0.15, 0.2) is 16.8 Å². The first-order chi connectivity index (χ1) is 8.72. The average Bonchev–Trinajstić information content (AvgIpc) is 3.03. The molecule has 0 aliphatic carbocycles. The maximum Gasteiger partial charge on any atom is 0.268 e. The zero-order valence-corrected chi connectivity index (χ0v) is 9.75. The van der Waals surface area contributed by atoms with Crippen LogP contribution in [0.1, 0.15) is 5.89 Å². The first kappa shape index (κ1) is 10.4. The highest BCUT2D eigenvalue weighted by molar-refractivity contribution is 5.57. The second-order valence-electron chi connectivity index (χ2n) is 3.62. The van der Waals surface area contributed by atoms with E-state index in [-0.39, 0.29) is 0 Å². The molecule has 0 fully saturated rings. The van der Waals surface area contributed by atoms with E-state index in [4.69, 9.17) is 4.42 Å². The molecule has 92 valence electrons. The van der Waals surface area contributed by atoms with E-state index in [1.165, 1.54) is 6.33 Å². The number of aromatic nitrogens is 7. The summed E-state index contributed by atoms with van der Waals surface area (Å²) in [5, 5.41) is 21.4. The number of anilines is 2. The number of hydrogen-bond acceptors (Lipinski definition) is 7. The van der Waals surface area contributed by atoms with Crippen LogP contribution in [0.25, 0.3) is 11.6 Å². The summed E-state index contributed by atoms with van der Waals surface area (Å²) in [6.45, 7) is 1.73. The van der Waals surface area contributed by atoms with Gasteiger partial charge in [-0.05, 0) is 0 Å². The largest absolute Gasteiger partial charge is 0.420 e. The summed E-state index contributed by atoms with van der Waals surface area (Å²) in [7, 11) is 1.80. The van der Waals surface area contributed by atoms with Gasteiger partial charge >= 0.3 is 0 Å². The van der Waals surface area contributed by atoms with Gasteiger partial charge in [-0.1, -0.05) is 0 Å². The van der Waals surface area contributed by atoms with E-state index in [0.717, 1.165) is 5.82 Å². The van der Waals surface area contributed by atoms with E-state index >= 15 is 0 Å². The Morgan fingerprint density at radius 1 is 1.39 bits per heavy atom. The third-order valence-electron chi connectivity index (χ3n) is 2.29. The Balaban J connectivity index is 1.91. The summed E-state index contributed by atoms with van der Waals surface area (Å²) < 4.78 is 6.96. The number of hydrogen-bond donors (Lipinski definition) is 2. The summed E-state index contributed by atoms with van der Waals surface area (Å²) >= 11 is 0. The standard InChI is InChI=1S/C9H10N8O/c1-5-13-14-8(18-5)6-3-7(17(2)16-6)12-9-10-4-11-15-9/h3-4H,1-2H3,(H2,10,11,12,15). The Labute approximate surface area is 101 Å². The minimum atomic E-state index is 0.383. The number of aryl methyl sites for hydroxylation is 2. The lowest BCUT2D eigenvalue weighted by Gasteiger charge is -2.00. The highest BCUT2D eigenvalue weighted by Crippen LogP contribution is 2.21. The molecule has 3 aromatic heterocycles. The fraction of sp³-hybridized carbons (Fsp3) is 0.222. The van der Waals surface area contributed by atoms with Crippen molar-refractivity contribution in [1.82, 2.24) is 35.2 Å². The summed E-state index contributed by atoms with van der Waals surface area (Å²) in [6, 6.07) is 1.79. The molecule has 0 saturated heterocycles. The Bertz CT molecular complexity index is 652. The van der Waals surface area contributed by atoms with Gasteiger partial charge in [0.1, 0.15) is 12.1 Å². The Kier molecular flexibility index (Phi) is 2.29. The van der Waals surface area contributed by atoms with Crippen molar-refractivity contribution >= 4 is 11.8 Å². The zero-order valence-electron chi connectivity index (χ0n) is 9.75. The van der Waals surface area contributed by atoms with Crippen molar-refractivity contribution in [1.29, 1.82) is 0 Å². The summed E-state index contributed by atoms with van der Waals surface area (Å²) in [4.78, 5) is 3.97. The number of nitrogens with one attached hydrogen (secondary N) is 2. The van der Waals surface area contributed by atoms with Gasteiger partial charge in [0.15, 0.2) is 5.69 Å². The van der Waals surface area contributed by atoms with Crippen LogP contribution in [0, 0.1) is 6.92 Å². The predicted octanol–water partition coefficient (Wildman–Crippen LogP) is 0.640. The summed E-state index contributed by atoms with van der Waals surface area (Å²) in [5.41, 5.74) is 0.597. The SMILES string of the molecule is Cc1nnc(-c2cc(Nc3ncn[nH]3)n(C)n2)o1. The number of nitrogens with zero attached hydrogens (tertiary/aromatic N) is 6. The molecule has 0 radical (unpaired) electrons. The maximum absolute atomic E-state index is 5.31. The van der Waals surface area contributed by atoms with Crippen LogP contribution in [0.5, 0.6) is 0 Å². The third kappa shape index (κ3) is 1.81. The highest BCUT2D eigenvalue weighted by Gasteiger charge is 2.13. The molecule has 18 heavy (non-hydrogen) atoms. The monoisotopic (exact) mass is 246 g/mol. The minimum Gasteiger partial charge on any atom is -0.420 e. The summed E-state index contributed by atoms with van der Waals surface area (Å²) in [6.07, 6.45) is 1.42. The maximum atomic E-state index is 5.31. The van der Waals surface area contributed by atoms with Crippen molar-refractivity contribution in [3.8, 4) is 11.6 Å². The summed E-state index contributed by atoms with van der Waals surface area (Å²) in [5.74, 6) is 2.15. The molecule has 0 atom stereocenters. The molecule has 0 unspecified atom stereocenters. The number of aromatic amines is 1. The van der Waals surface area contributed by atoms with Crippen LogP contribution in [0.4, 0.5) is 11.8 Å². The van der Waals surface area contributed by atoms with Crippen molar-refractivity contribution in [3.63, 3.8) is 0 Å². The fourth-order valence-electron chi connectivity index (χ4n) is 1.48.